The van der Waals surface area contributed by atoms with Crippen molar-refractivity contribution in [1.29, 1.82) is 0 Å². The van der Waals surface area contributed by atoms with Crippen LogP contribution in [0, 0.1) is 0 Å². The van der Waals surface area contributed by atoms with E-state index >= 15 is 0 Å². The number of hydrogen-bond donors (Lipinski definition) is 1. The number of rotatable bonds is 8. The van der Waals surface area contributed by atoms with Crippen LogP contribution in [0.2, 0.25) is 0 Å². The summed E-state index contributed by atoms with van der Waals surface area (Å²) in [6, 6.07) is 6.44. The molecule has 0 radical (unpaired) electrons. The van der Waals surface area contributed by atoms with Crippen LogP contribution in [-0.4, -0.2) is 60.7 Å². The van der Waals surface area contributed by atoms with Crippen molar-refractivity contribution in [2.24, 2.45) is 0 Å². The lowest BCUT2D eigenvalue weighted by atomic mass is 10.1. The summed E-state index contributed by atoms with van der Waals surface area (Å²) in [6.45, 7) is 1.15. The first-order valence-electron chi connectivity index (χ1n) is 8.78. The lowest BCUT2D eigenvalue weighted by molar-refractivity contribution is -0.137. The molecule has 156 valence electrons. The number of anilines is 1. The molecule has 0 bridgehead atoms. The minimum atomic E-state index is -3.32. The molecule has 9 nitrogen and oxygen atoms in total. The molecule has 1 saturated heterocycles. The average Bonchev–Trinajstić information content (AvgIpc) is 3.39. The Hall–Kier alpha value is -2.02. The van der Waals surface area contributed by atoms with Gasteiger partial charge in [-0.3, -0.25) is 14.9 Å². The first-order chi connectivity index (χ1) is 13.9. The second kappa shape index (κ2) is 9.65. The van der Waals surface area contributed by atoms with Gasteiger partial charge in [0.05, 0.1) is 18.6 Å². The Balaban J connectivity index is 1.56. The van der Waals surface area contributed by atoms with Gasteiger partial charge < -0.3 is 4.74 Å². The number of nitrogens with zero attached hydrogens (tertiary/aromatic N) is 3. The van der Waals surface area contributed by atoms with Gasteiger partial charge in [0.25, 0.3) is 5.91 Å². The van der Waals surface area contributed by atoms with E-state index in [2.05, 4.69) is 20.3 Å². The highest BCUT2D eigenvalue weighted by atomic mass is 32.2. The van der Waals surface area contributed by atoms with E-state index in [-0.39, 0.29) is 23.4 Å². The largest absolute Gasteiger partial charge is 0.468 e. The van der Waals surface area contributed by atoms with Crippen LogP contribution in [0.5, 0.6) is 0 Å². The van der Waals surface area contributed by atoms with Gasteiger partial charge in [-0.2, -0.15) is 0 Å². The zero-order valence-electron chi connectivity index (χ0n) is 15.7. The highest BCUT2D eigenvalue weighted by Gasteiger charge is 2.25. The van der Waals surface area contributed by atoms with Gasteiger partial charge in [0.1, 0.15) is 0 Å². The first kappa shape index (κ1) is 21.7. The van der Waals surface area contributed by atoms with Gasteiger partial charge in [-0.25, -0.2) is 12.7 Å². The summed E-state index contributed by atoms with van der Waals surface area (Å²) in [5.41, 5.74) is 1.01. The molecule has 0 saturated carbocycles. The summed E-state index contributed by atoms with van der Waals surface area (Å²) >= 11 is 2.32. The zero-order chi connectivity index (χ0) is 20.9. The SMILES string of the molecule is COC(=O)CSc1nnc(NC(=O)c2ccc(CS(=O)(=O)N3CCCC3)cc2)s1. The number of sulfonamides is 1. The van der Waals surface area contributed by atoms with Crippen molar-refractivity contribution in [3.05, 3.63) is 35.4 Å². The Morgan fingerprint density at radius 1 is 1.21 bits per heavy atom. The summed E-state index contributed by atoms with van der Waals surface area (Å²) < 4.78 is 31.4. The van der Waals surface area contributed by atoms with Crippen molar-refractivity contribution in [3.8, 4) is 0 Å². The van der Waals surface area contributed by atoms with Crippen LogP contribution in [0.15, 0.2) is 28.6 Å². The number of carbonyl (C=O) groups excluding carboxylic acids is 2. The number of aromatic nitrogens is 2. The number of carbonyl (C=O) groups is 2. The van der Waals surface area contributed by atoms with Gasteiger partial charge in [-0.1, -0.05) is 35.2 Å². The third-order valence-electron chi connectivity index (χ3n) is 4.19. The summed E-state index contributed by atoms with van der Waals surface area (Å²) in [4.78, 5) is 23.5. The molecule has 29 heavy (non-hydrogen) atoms. The van der Waals surface area contributed by atoms with E-state index in [0.29, 0.717) is 33.7 Å². The third-order valence-corrected chi connectivity index (χ3v) is 7.99. The second-order valence-corrected chi connectivity index (χ2v) is 10.4. The molecule has 12 heteroatoms. The third kappa shape index (κ3) is 5.98. The summed E-state index contributed by atoms with van der Waals surface area (Å²) in [6.07, 6.45) is 1.79. The molecule has 0 aliphatic carbocycles. The smallest absolute Gasteiger partial charge is 0.316 e. The molecule has 0 atom stereocenters. The minimum absolute atomic E-state index is 0.0773. The maximum Gasteiger partial charge on any atom is 0.316 e. The molecule has 0 spiro atoms. The number of ether oxygens (including phenoxy) is 1. The van der Waals surface area contributed by atoms with Crippen LogP contribution in [-0.2, 0) is 25.3 Å². The van der Waals surface area contributed by atoms with Crippen molar-refractivity contribution < 1.29 is 22.7 Å². The van der Waals surface area contributed by atoms with Gasteiger partial charge in [-0.05, 0) is 30.5 Å². The fraction of sp³-hybridized carbons (Fsp3) is 0.412. The van der Waals surface area contributed by atoms with Gasteiger partial charge in [0, 0.05) is 18.7 Å². The maximum absolute atomic E-state index is 12.4. The van der Waals surface area contributed by atoms with E-state index in [9.17, 15) is 18.0 Å². The second-order valence-electron chi connectivity index (χ2n) is 6.25. The first-order valence-corrected chi connectivity index (χ1v) is 12.2. The molecule has 1 N–H and O–H groups in total. The quantitative estimate of drug-likeness (QED) is 0.364. The minimum Gasteiger partial charge on any atom is -0.468 e. The normalized spacial score (nSPS) is 14.7. The van der Waals surface area contributed by atoms with Crippen molar-refractivity contribution in [1.82, 2.24) is 14.5 Å². The molecular formula is C17H20N4O5S3. The topological polar surface area (TPSA) is 119 Å². The zero-order valence-corrected chi connectivity index (χ0v) is 18.1. The maximum atomic E-state index is 12.4. The molecule has 1 aromatic heterocycles. The van der Waals surface area contributed by atoms with Gasteiger partial charge in [-0.15, -0.1) is 10.2 Å². The fourth-order valence-electron chi connectivity index (χ4n) is 2.69. The summed E-state index contributed by atoms with van der Waals surface area (Å²) in [7, 11) is -2.02. The molecule has 2 aromatic rings. The number of hydrogen-bond acceptors (Lipinski definition) is 9. The average molecular weight is 457 g/mol. The monoisotopic (exact) mass is 456 g/mol. The van der Waals surface area contributed by atoms with Crippen molar-refractivity contribution in [2.75, 3.05) is 31.3 Å². The predicted octanol–water partition coefficient (Wildman–Crippen LogP) is 1.98. The number of thioether (sulfide) groups is 1. The highest BCUT2D eigenvalue weighted by molar-refractivity contribution is 8.01. The van der Waals surface area contributed by atoms with Crippen LogP contribution < -0.4 is 5.32 Å². The van der Waals surface area contributed by atoms with Crippen LogP contribution in [0.4, 0.5) is 5.13 Å². The summed E-state index contributed by atoms with van der Waals surface area (Å²) in [5.74, 6) is -0.713. The number of nitrogens with one attached hydrogen (secondary N) is 1. The number of amides is 1. The van der Waals surface area contributed by atoms with Gasteiger partial charge in [0.15, 0.2) is 4.34 Å². The molecule has 3 rings (SSSR count). The van der Waals surface area contributed by atoms with Crippen LogP contribution in [0.3, 0.4) is 0 Å². The van der Waals surface area contributed by atoms with E-state index in [1.165, 1.54) is 23.2 Å². The van der Waals surface area contributed by atoms with Crippen molar-refractivity contribution >= 4 is 50.1 Å². The molecule has 2 heterocycles. The molecule has 1 aromatic carbocycles. The number of esters is 1. The van der Waals surface area contributed by atoms with Crippen LogP contribution in [0.1, 0.15) is 28.8 Å². The number of methoxy groups -OCH3 is 1. The molecular weight excluding hydrogens is 436 g/mol. The highest BCUT2D eigenvalue weighted by Crippen LogP contribution is 2.26. The van der Waals surface area contributed by atoms with Crippen molar-refractivity contribution in [2.45, 2.75) is 22.9 Å². The Morgan fingerprint density at radius 2 is 1.90 bits per heavy atom. The Kier molecular flexibility index (Phi) is 7.22. The summed E-state index contributed by atoms with van der Waals surface area (Å²) in [5, 5.41) is 10.7. The van der Waals surface area contributed by atoms with Crippen molar-refractivity contribution in [3.63, 3.8) is 0 Å². The Labute approximate surface area is 176 Å². The van der Waals surface area contributed by atoms with E-state index in [1.54, 1.807) is 24.3 Å². The molecule has 1 amide bonds. The lowest BCUT2D eigenvalue weighted by Crippen LogP contribution is -2.29. The standard InChI is InChI=1S/C17H20N4O5S3/c1-26-14(22)10-27-17-20-19-16(28-17)18-15(23)13-6-4-12(5-7-13)11-29(24,25)21-8-2-3-9-21/h4-7H,2-3,8-11H2,1H3,(H,18,19,23). The molecule has 1 aliphatic rings. The van der Waals surface area contributed by atoms with E-state index < -0.39 is 10.0 Å². The molecule has 1 aliphatic heterocycles. The fourth-order valence-corrected chi connectivity index (χ4v) is 5.88. The Bertz CT molecular complexity index is 969. The van der Waals surface area contributed by atoms with E-state index in [0.717, 1.165) is 24.2 Å². The van der Waals surface area contributed by atoms with Crippen LogP contribution in [0.25, 0.3) is 0 Å². The van der Waals surface area contributed by atoms with Gasteiger partial charge in [0.2, 0.25) is 15.2 Å². The lowest BCUT2D eigenvalue weighted by Gasteiger charge is -2.15. The van der Waals surface area contributed by atoms with Crippen LogP contribution >= 0.6 is 23.1 Å². The van der Waals surface area contributed by atoms with E-state index in [1.807, 2.05) is 0 Å². The van der Waals surface area contributed by atoms with Gasteiger partial charge >= 0.3 is 5.97 Å². The molecule has 1 fully saturated rings. The predicted molar refractivity (Wildman–Crippen MR) is 110 cm³/mol. The van der Waals surface area contributed by atoms with E-state index in [4.69, 9.17) is 0 Å². The Morgan fingerprint density at radius 3 is 2.55 bits per heavy atom. The number of benzene rings is 1. The molecule has 0 unspecified atom stereocenters.